The average Bonchev–Trinajstić information content (AvgIpc) is 1.77. The molecule has 0 saturated carbocycles. The SMILES string of the molecule is C[N+](C)(C)/C=C\C#N.F[B-](F)(F)F. The van der Waals surface area contributed by atoms with Crippen LogP contribution in [0.25, 0.3) is 0 Å². The van der Waals surface area contributed by atoms with Crippen LogP contribution in [0.3, 0.4) is 0 Å². The second kappa shape index (κ2) is 5.59. The Labute approximate surface area is 74.8 Å². The molecular formula is C6H11BF4N2. The van der Waals surface area contributed by atoms with Crippen molar-refractivity contribution in [3.63, 3.8) is 0 Å². The van der Waals surface area contributed by atoms with Gasteiger partial charge in [-0.3, -0.25) is 0 Å². The maximum atomic E-state index is 9.75. The fourth-order valence-electron chi connectivity index (χ4n) is 0.257. The Kier molecular flexibility index (Phi) is 6.23. The molecule has 0 bridgehead atoms. The van der Waals surface area contributed by atoms with Gasteiger partial charge in [0.25, 0.3) is 0 Å². The normalized spacial score (nSPS) is 11.8. The molecular weight excluding hydrogens is 187 g/mol. The quantitative estimate of drug-likeness (QED) is 0.273. The Bertz CT molecular complexity index is 192. The molecule has 13 heavy (non-hydrogen) atoms. The summed E-state index contributed by atoms with van der Waals surface area (Å²) >= 11 is 0. The third-order valence-electron chi connectivity index (χ3n) is 0.596. The summed E-state index contributed by atoms with van der Waals surface area (Å²) in [5.41, 5.74) is 0. The van der Waals surface area contributed by atoms with Gasteiger partial charge >= 0.3 is 7.25 Å². The molecule has 0 heterocycles. The maximum absolute atomic E-state index is 9.75. The predicted octanol–water partition coefficient (Wildman–Crippen LogP) is 2.03. The zero-order valence-electron chi connectivity index (χ0n) is 7.64. The average molecular weight is 198 g/mol. The van der Waals surface area contributed by atoms with Crippen LogP contribution in [0.5, 0.6) is 0 Å². The summed E-state index contributed by atoms with van der Waals surface area (Å²) in [6.07, 6.45) is 3.31. The first-order chi connectivity index (χ1) is 5.56. The van der Waals surface area contributed by atoms with Crippen LogP contribution in [0.15, 0.2) is 12.3 Å². The monoisotopic (exact) mass is 198 g/mol. The van der Waals surface area contributed by atoms with Gasteiger partial charge in [-0.2, -0.15) is 5.26 Å². The molecule has 0 rings (SSSR count). The van der Waals surface area contributed by atoms with E-state index >= 15 is 0 Å². The van der Waals surface area contributed by atoms with Crippen LogP contribution in [-0.4, -0.2) is 32.9 Å². The van der Waals surface area contributed by atoms with E-state index in [0.29, 0.717) is 4.48 Å². The van der Waals surface area contributed by atoms with Crippen molar-refractivity contribution in [2.45, 2.75) is 0 Å². The van der Waals surface area contributed by atoms with Gasteiger partial charge in [0.2, 0.25) is 0 Å². The first-order valence-electron chi connectivity index (χ1n) is 3.32. The molecule has 7 heteroatoms. The van der Waals surface area contributed by atoms with Crippen molar-refractivity contribution in [1.29, 1.82) is 5.26 Å². The molecule has 2 nitrogen and oxygen atoms in total. The van der Waals surface area contributed by atoms with Crippen LogP contribution < -0.4 is 0 Å². The molecule has 76 valence electrons. The highest BCUT2D eigenvalue weighted by Gasteiger charge is 2.20. The number of allylic oxidation sites excluding steroid dienone is 1. The van der Waals surface area contributed by atoms with E-state index in [9.17, 15) is 17.3 Å². The molecule has 0 aromatic rings. The molecule has 0 fully saturated rings. The topological polar surface area (TPSA) is 23.8 Å². The van der Waals surface area contributed by atoms with E-state index in [4.69, 9.17) is 5.26 Å². The summed E-state index contributed by atoms with van der Waals surface area (Å²) in [7, 11) is -0.0183. The summed E-state index contributed by atoms with van der Waals surface area (Å²) in [4.78, 5) is 0. The fourth-order valence-corrected chi connectivity index (χ4v) is 0.257. The second-order valence-electron chi connectivity index (χ2n) is 3.06. The molecule has 0 radical (unpaired) electrons. The summed E-state index contributed by atoms with van der Waals surface area (Å²) in [6, 6.07) is 1.93. The van der Waals surface area contributed by atoms with Crippen molar-refractivity contribution >= 4 is 7.25 Å². The van der Waals surface area contributed by atoms with E-state index < -0.39 is 7.25 Å². The zero-order valence-corrected chi connectivity index (χ0v) is 7.64. The van der Waals surface area contributed by atoms with Gasteiger partial charge in [-0.25, -0.2) is 0 Å². The van der Waals surface area contributed by atoms with Gasteiger partial charge in [-0.15, -0.1) is 0 Å². The Morgan fingerprint density at radius 3 is 1.54 bits per heavy atom. The van der Waals surface area contributed by atoms with Gasteiger partial charge in [0.05, 0.1) is 33.3 Å². The number of halogens is 4. The summed E-state index contributed by atoms with van der Waals surface area (Å²) < 4.78 is 39.7. The van der Waals surface area contributed by atoms with Crippen molar-refractivity contribution in [2.75, 3.05) is 21.1 Å². The standard InChI is InChI=1S/C6H11N2.BF4/c1-8(2,3)6-4-5-7;2-1(3,4)5/h4,6H,1-3H3;/q+1;-1/b6-4-;. The molecule has 0 unspecified atom stereocenters. The molecule has 0 aliphatic heterocycles. The highest BCUT2D eigenvalue weighted by molar-refractivity contribution is 6.50. The molecule has 0 atom stereocenters. The zero-order chi connectivity index (χ0) is 11.1. The smallest absolute Gasteiger partial charge is 0.418 e. The first kappa shape index (κ1) is 14.5. The van der Waals surface area contributed by atoms with Gasteiger partial charge in [-0.05, 0) is 0 Å². The van der Waals surface area contributed by atoms with Crippen LogP contribution >= 0.6 is 0 Å². The Morgan fingerprint density at radius 1 is 1.15 bits per heavy atom. The van der Waals surface area contributed by atoms with Gasteiger partial charge in [0, 0.05) is 0 Å². The van der Waals surface area contributed by atoms with E-state index in [2.05, 4.69) is 0 Å². The van der Waals surface area contributed by atoms with Crippen LogP contribution in [0.4, 0.5) is 17.3 Å². The van der Waals surface area contributed by atoms with Gasteiger partial charge in [0.15, 0.2) is 0 Å². The van der Waals surface area contributed by atoms with Gasteiger partial charge in [-0.1, -0.05) is 0 Å². The van der Waals surface area contributed by atoms with E-state index in [1.165, 1.54) is 6.08 Å². The lowest BCUT2D eigenvalue weighted by atomic mass is 10.3. The first-order valence-corrected chi connectivity index (χ1v) is 3.32. The number of rotatable bonds is 1. The summed E-state index contributed by atoms with van der Waals surface area (Å²) in [5.74, 6) is 0. The van der Waals surface area contributed by atoms with E-state index in [0.717, 1.165) is 0 Å². The summed E-state index contributed by atoms with van der Waals surface area (Å²) in [5, 5.41) is 8.08. The van der Waals surface area contributed by atoms with Crippen LogP contribution in [-0.2, 0) is 0 Å². The van der Waals surface area contributed by atoms with Gasteiger partial charge < -0.3 is 21.7 Å². The maximum Gasteiger partial charge on any atom is 0.673 e. The number of hydrogen-bond donors (Lipinski definition) is 0. The van der Waals surface area contributed by atoms with Crippen molar-refractivity contribution in [2.24, 2.45) is 0 Å². The lowest BCUT2D eigenvalue weighted by Crippen LogP contribution is -2.26. The number of nitrogens with zero attached hydrogens (tertiary/aromatic N) is 2. The predicted molar refractivity (Wildman–Crippen MR) is 43.0 cm³/mol. The molecule has 0 aliphatic rings. The molecule has 0 N–H and O–H groups in total. The van der Waals surface area contributed by atoms with Crippen LogP contribution in [0.2, 0.25) is 0 Å². The lowest BCUT2D eigenvalue weighted by molar-refractivity contribution is -0.817. The number of nitriles is 1. The number of quaternary nitrogens is 1. The van der Waals surface area contributed by atoms with E-state index in [-0.39, 0.29) is 0 Å². The van der Waals surface area contributed by atoms with Crippen molar-refractivity contribution < 1.29 is 21.7 Å². The highest BCUT2D eigenvalue weighted by Crippen LogP contribution is 2.06. The Morgan fingerprint density at radius 2 is 1.46 bits per heavy atom. The third kappa shape index (κ3) is 56.0. The minimum Gasteiger partial charge on any atom is -0.418 e. The van der Waals surface area contributed by atoms with E-state index in [1.54, 1.807) is 0 Å². The van der Waals surface area contributed by atoms with Crippen LogP contribution in [0, 0.1) is 11.3 Å². The fraction of sp³-hybridized carbons (Fsp3) is 0.500. The molecule has 0 amide bonds. The number of hydrogen-bond acceptors (Lipinski definition) is 1. The van der Waals surface area contributed by atoms with E-state index in [1.807, 2.05) is 33.4 Å². The minimum absolute atomic E-state index is 0.702. The molecule has 0 aromatic heterocycles. The molecule has 0 aromatic carbocycles. The van der Waals surface area contributed by atoms with Crippen molar-refractivity contribution in [3.05, 3.63) is 12.3 Å². The largest absolute Gasteiger partial charge is 0.673 e. The van der Waals surface area contributed by atoms with Crippen molar-refractivity contribution in [1.82, 2.24) is 0 Å². The molecule has 0 aliphatic carbocycles. The molecule has 0 spiro atoms. The second-order valence-corrected chi connectivity index (χ2v) is 3.06. The lowest BCUT2D eigenvalue weighted by Gasteiger charge is -2.16. The Balaban J connectivity index is 0. The highest BCUT2D eigenvalue weighted by atomic mass is 19.5. The minimum atomic E-state index is -6.00. The third-order valence-corrected chi connectivity index (χ3v) is 0.596. The van der Waals surface area contributed by atoms with Crippen molar-refractivity contribution in [3.8, 4) is 6.07 Å². The Hall–Kier alpha value is -1.03. The summed E-state index contributed by atoms with van der Waals surface area (Å²) in [6.45, 7) is 0. The molecule has 0 saturated heterocycles. The van der Waals surface area contributed by atoms with Gasteiger partial charge in [0.1, 0.15) is 6.20 Å². The van der Waals surface area contributed by atoms with Crippen LogP contribution in [0.1, 0.15) is 0 Å².